The van der Waals surface area contributed by atoms with Crippen LogP contribution >= 0.6 is 31.9 Å². The lowest BCUT2D eigenvalue weighted by atomic mass is 10.1. The molecule has 152 valence electrons. The SMILES string of the molecule is CN(C)CCCOc1c(Br)cc(-c2c[nH]c(=O)c(Cc3ccccc3)n2)cc1Br. The van der Waals surface area contributed by atoms with Crippen molar-refractivity contribution in [1.29, 1.82) is 0 Å². The number of H-pyrrole nitrogens is 1. The van der Waals surface area contributed by atoms with Gasteiger partial charge < -0.3 is 14.6 Å². The average molecular weight is 521 g/mol. The summed E-state index contributed by atoms with van der Waals surface area (Å²) in [7, 11) is 4.09. The van der Waals surface area contributed by atoms with Gasteiger partial charge >= 0.3 is 0 Å². The van der Waals surface area contributed by atoms with Gasteiger partial charge in [-0.15, -0.1) is 0 Å². The van der Waals surface area contributed by atoms with Crippen molar-refractivity contribution in [3.63, 3.8) is 0 Å². The normalized spacial score (nSPS) is 11.1. The van der Waals surface area contributed by atoms with Crippen LogP contribution in [0.4, 0.5) is 0 Å². The fourth-order valence-electron chi connectivity index (χ4n) is 2.90. The molecule has 0 fully saturated rings. The molecule has 5 nitrogen and oxygen atoms in total. The number of nitrogens with zero attached hydrogens (tertiary/aromatic N) is 2. The van der Waals surface area contributed by atoms with E-state index in [2.05, 4.69) is 46.7 Å². The molecule has 0 atom stereocenters. The predicted molar refractivity (Wildman–Crippen MR) is 124 cm³/mol. The van der Waals surface area contributed by atoms with Crippen LogP contribution in [-0.4, -0.2) is 42.1 Å². The second kappa shape index (κ2) is 10.2. The van der Waals surface area contributed by atoms with Crippen LogP contribution in [0.25, 0.3) is 11.3 Å². The number of benzene rings is 2. The number of hydrogen-bond acceptors (Lipinski definition) is 4. The molecular formula is C22H23Br2N3O2. The summed E-state index contributed by atoms with van der Waals surface area (Å²) in [5.74, 6) is 0.765. The monoisotopic (exact) mass is 519 g/mol. The summed E-state index contributed by atoms with van der Waals surface area (Å²) in [6.07, 6.45) is 3.07. The van der Waals surface area contributed by atoms with Crippen LogP contribution in [0.5, 0.6) is 5.75 Å². The van der Waals surface area contributed by atoms with Gasteiger partial charge in [0, 0.05) is 24.7 Å². The average Bonchev–Trinajstić information content (AvgIpc) is 2.69. The first-order valence-electron chi connectivity index (χ1n) is 9.33. The van der Waals surface area contributed by atoms with Gasteiger partial charge in [0.1, 0.15) is 11.4 Å². The molecule has 29 heavy (non-hydrogen) atoms. The number of aromatic nitrogens is 2. The summed E-state index contributed by atoms with van der Waals surface area (Å²) in [4.78, 5) is 21.8. The van der Waals surface area contributed by atoms with E-state index in [9.17, 15) is 4.79 Å². The fourth-order valence-corrected chi connectivity index (χ4v) is 4.32. The van der Waals surface area contributed by atoms with E-state index in [0.717, 1.165) is 38.8 Å². The van der Waals surface area contributed by atoms with Gasteiger partial charge in [-0.1, -0.05) is 30.3 Å². The van der Waals surface area contributed by atoms with E-state index in [1.54, 1.807) is 6.20 Å². The van der Waals surface area contributed by atoms with Gasteiger partial charge in [-0.05, 0) is 70.1 Å². The van der Waals surface area contributed by atoms with Crippen LogP contribution in [0.3, 0.4) is 0 Å². The summed E-state index contributed by atoms with van der Waals surface area (Å²) in [6, 6.07) is 13.8. The molecular weight excluding hydrogens is 498 g/mol. The predicted octanol–water partition coefficient (Wildman–Crippen LogP) is 4.88. The second-order valence-corrected chi connectivity index (χ2v) is 8.71. The van der Waals surface area contributed by atoms with E-state index in [-0.39, 0.29) is 5.56 Å². The summed E-state index contributed by atoms with van der Waals surface area (Å²) in [5.41, 5.74) is 2.96. The molecule has 0 aliphatic carbocycles. The third kappa shape index (κ3) is 6.01. The zero-order valence-electron chi connectivity index (χ0n) is 16.4. The van der Waals surface area contributed by atoms with Crippen molar-refractivity contribution in [2.75, 3.05) is 27.2 Å². The van der Waals surface area contributed by atoms with E-state index in [1.807, 2.05) is 56.6 Å². The lowest BCUT2D eigenvalue weighted by molar-refractivity contribution is 0.279. The van der Waals surface area contributed by atoms with Crippen molar-refractivity contribution in [2.24, 2.45) is 0 Å². The molecule has 1 N–H and O–H groups in total. The molecule has 0 aliphatic rings. The Kier molecular flexibility index (Phi) is 7.64. The summed E-state index contributed by atoms with van der Waals surface area (Å²) in [6.45, 7) is 1.60. The Labute approximate surface area is 187 Å². The lowest BCUT2D eigenvalue weighted by Crippen LogP contribution is -2.16. The maximum atomic E-state index is 12.2. The Morgan fingerprint density at radius 2 is 1.79 bits per heavy atom. The highest BCUT2D eigenvalue weighted by atomic mass is 79.9. The van der Waals surface area contributed by atoms with Crippen molar-refractivity contribution in [3.05, 3.63) is 79.2 Å². The zero-order valence-corrected chi connectivity index (χ0v) is 19.6. The van der Waals surface area contributed by atoms with Crippen LogP contribution in [0.1, 0.15) is 17.7 Å². The van der Waals surface area contributed by atoms with Gasteiger partial charge in [0.05, 0.1) is 21.2 Å². The quantitative estimate of drug-likeness (QED) is 0.430. The minimum Gasteiger partial charge on any atom is -0.491 e. The topological polar surface area (TPSA) is 58.2 Å². The molecule has 0 aliphatic heterocycles. The maximum absolute atomic E-state index is 12.2. The van der Waals surface area contributed by atoms with Crippen molar-refractivity contribution < 1.29 is 4.74 Å². The highest BCUT2D eigenvalue weighted by Crippen LogP contribution is 2.37. The highest BCUT2D eigenvalue weighted by molar-refractivity contribution is 9.11. The second-order valence-electron chi connectivity index (χ2n) is 7.00. The standard InChI is InChI=1S/C22H23Br2N3O2/c1-27(2)9-6-10-29-21-17(23)12-16(13-18(21)24)20-14-25-22(28)19(26-20)11-15-7-4-3-5-8-15/h3-5,7-8,12-14H,6,9-11H2,1-2H3,(H,25,28). The summed E-state index contributed by atoms with van der Waals surface area (Å²) in [5, 5.41) is 0. The van der Waals surface area contributed by atoms with Gasteiger partial charge in [-0.25, -0.2) is 4.98 Å². The Morgan fingerprint density at radius 3 is 2.45 bits per heavy atom. The molecule has 3 rings (SSSR count). The van der Waals surface area contributed by atoms with E-state index >= 15 is 0 Å². The van der Waals surface area contributed by atoms with Crippen LogP contribution in [0.15, 0.2) is 62.4 Å². The first-order chi connectivity index (χ1) is 13.9. The third-order valence-corrected chi connectivity index (χ3v) is 5.54. The summed E-state index contributed by atoms with van der Waals surface area (Å²) >= 11 is 7.20. The number of aromatic amines is 1. The first kappa shape index (κ1) is 21.7. The molecule has 7 heteroatoms. The molecule has 0 bridgehead atoms. The van der Waals surface area contributed by atoms with Crippen LogP contribution in [-0.2, 0) is 6.42 Å². The van der Waals surface area contributed by atoms with Crippen molar-refractivity contribution in [1.82, 2.24) is 14.9 Å². The van der Waals surface area contributed by atoms with Crippen molar-refractivity contribution in [3.8, 4) is 17.0 Å². The Balaban J connectivity index is 1.81. The molecule has 0 spiro atoms. The Hall–Kier alpha value is -1.96. The smallest absolute Gasteiger partial charge is 0.270 e. The molecule has 0 unspecified atom stereocenters. The minimum atomic E-state index is -0.170. The van der Waals surface area contributed by atoms with E-state index in [0.29, 0.717) is 24.4 Å². The van der Waals surface area contributed by atoms with Crippen LogP contribution in [0.2, 0.25) is 0 Å². The van der Waals surface area contributed by atoms with Gasteiger partial charge in [0.25, 0.3) is 5.56 Å². The molecule has 0 amide bonds. The van der Waals surface area contributed by atoms with E-state index in [1.165, 1.54) is 0 Å². The minimum absolute atomic E-state index is 0.170. The van der Waals surface area contributed by atoms with Gasteiger partial charge in [0.2, 0.25) is 0 Å². The third-order valence-electron chi connectivity index (χ3n) is 4.36. The Bertz CT molecular complexity index is 997. The first-order valence-corrected chi connectivity index (χ1v) is 10.9. The van der Waals surface area contributed by atoms with Gasteiger partial charge in [0.15, 0.2) is 0 Å². The number of halogens is 2. The fraction of sp³-hybridized carbons (Fsp3) is 0.273. The van der Waals surface area contributed by atoms with E-state index in [4.69, 9.17) is 4.74 Å². The van der Waals surface area contributed by atoms with Crippen LogP contribution < -0.4 is 10.3 Å². The highest BCUT2D eigenvalue weighted by Gasteiger charge is 2.13. The summed E-state index contributed by atoms with van der Waals surface area (Å²) < 4.78 is 7.61. The number of nitrogens with one attached hydrogen (secondary N) is 1. The zero-order chi connectivity index (χ0) is 20.8. The van der Waals surface area contributed by atoms with Gasteiger partial charge in [-0.3, -0.25) is 4.79 Å². The van der Waals surface area contributed by atoms with Crippen LogP contribution in [0, 0.1) is 0 Å². The number of rotatable bonds is 8. The van der Waals surface area contributed by atoms with E-state index < -0.39 is 0 Å². The molecule has 3 aromatic rings. The largest absolute Gasteiger partial charge is 0.491 e. The molecule has 0 radical (unpaired) electrons. The molecule has 0 saturated heterocycles. The molecule has 2 aromatic carbocycles. The maximum Gasteiger partial charge on any atom is 0.270 e. The molecule has 1 aromatic heterocycles. The molecule has 1 heterocycles. The number of hydrogen-bond donors (Lipinski definition) is 1. The number of ether oxygens (including phenoxy) is 1. The molecule has 0 saturated carbocycles. The van der Waals surface area contributed by atoms with Crippen molar-refractivity contribution in [2.45, 2.75) is 12.8 Å². The Morgan fingerprint density at radius 1 is 1.10 bits per heavy atom. The lowest BCUT2D eigenvalue weighted by Gasteiger charge is -2.14. The van der Waals surface area contributed by atoms with Crippen molar-refractivity contribution >= 4 is 31.9 Å². The van der Waals surface area contributed by atoms with Gasteiger partial charge in [-0.2, -0.15) is 0 Å².